The number of rotatable bonds is 25. The number of ether oxygens (including phenoxy) is 1. The van der Waals surface area contributed by atoms with Gasteiger partial charge >= 0.3 is 256 Å². The van der Waals surface area contributed by atoms with Gasteiger partial charge in [-0.1, -0.05) is 0 Å². The van der Waals surface area contributed by atoms with Crippen molar-refractivity contribution in [2.24, 2.45) is 0 Å². The standard InChI is InChI=1S/C11H15NO.6C4H9.2Sn/c1-9-5-6-11(13-4)7-10(9)8-12(2)3;6*1-3-4-2;;/h5-7H,1-2,8H2,3-4H3;6*1,3-4H2,2H3;;. The van der Waals surface area contributed by atoms with Crippen molar-refractivity contribution in [1.82, 2.24) is 4.90 Å². The van der Waals surface area contributed by atoms with Crippen molar-refractivity contribution in [1.29, 1.82) is 0 Å². The molecule has 1 rings (SSSR count). The molecule has 0 aliphatic rings. The second-order valence-corrected chi connectivity index (χ2v) is 40.7. The molecule has 0 aromatic heterocycles. The Morgan fingerprint density at radius 2 is 1.00 bits per heavy atom. The molecule has 39 heavy (non-hydrogen) atoms. The number of unbranched alkanes of at least 4 members (excludes halogenated alkanes) is 6. The Morgan fingerprint density at radius 3 is 1.38 bits per heavy atom. The predicted octanol–water partition coefficient (Wildman–Crippen LogP) is 11.4. The Kier molecular flexibility index (Phi) is 21.4. The maximum atomic E-state index is 5.79. The number of benzene rings is 1. The molecule has 228 valence electrons. The summed E-state index contributed by atoms with van der Waals surface area (Å²) in [5.74, 6) is 1.05. The Bertz CT molecular complexity index is 694. The fraction of sp³-hybridized carbons (Fsp3) is 0.829. The minimum absolute atomic E-state index is 1.05. The summed E-state index contributed by atoms with van der Waals surface area (Å²) in [6, 6.07) is 7.17. The van der Waals surface area contributed by atoms with Crippen molar-refractivity contribution in [3.05, 3.63) is 29.3 Å². The van der Waals surface area contributed by atoms with E-state index in [2.05, 4.69) is 71.7 Å². The van der Waals surface area contributed by atoms with Gasteiger partial charge in [0.05, 0.1) is 0 Å². The first-order chi connectivity index (χ1) is 18.9. The summed E-state index contributed by atoms with van der Waals surface area (Å²) >= 11 is -4.50. The quantitative estimate of drug-likeness (QED) is 0.0921. The summed E-state index contributed by atoms with van der Waals surface area (Å²) in [5, 5.41) is 0. The Hall–Kier alpha value is 0.577. The molecular formula is C35H69NOSn2. The molecule has 0 N–H and O–H groups in total. The van der Waals surface area contributed by atoms with Crippen molar-refractivity contribution in [3.8, 4) is 5.75 Å². The van der Waals surface area contributed by atoms with Gasteiger partial charge in [0.1, 0.15) is 0 Å². The molecule has 0 heterocycles. The molecule has 0 aliphatic carbocycles. The van der Waals surface area contributed by atoms with Crippen molar-refractivity contribution < 1.29 is 4.74 Å². The molecular weight excluding hydrogens is 688 g/mol. The molecule has 0 radical (unpaired) electrons. The summed E-state index contributed by atoms with van der Waals surface area (Å²) in [5.41, 5.74) is 3.28. The first kappa shape index (κ1) is 37.6. The van der Waals surface area contributed by atoms with Crippen LogP contribution in [0.15, 0.2) is 18.2 Å². The van der Waals surface area contributed by atoms with Gasteiger partial charge in [0.15, 0.2) is 0 Å². The molecule has 0 aliphatic heterocycles. The van der Waals surface area contributed by atoms with Gasteiger partial charge in [-0.25, -0.2) is 0 Å². The Balaban J connectivity index is 3.32. The molecule has 0 fully saturated rings. The second kappa shape index (κ2) is 22.2. The van der Waals surface area contributed by atoms with Crippen LogP contribution in [0.3, 0.4) is 0 Å². The van der Waals surface area contributed by atoms with Crippen LogP contribution in [-0.2, 0) is 11.0 Å². The zero-order valence-electron chi connectivity index (χ0n) is 27.9. The monoisotopic (exact) mass is 759 g/mol. The fourth-order valence-electron chi connectivity index (χ4n) is 6.94. The van der Waals surface area contributed by atoms with E-state index in [1.165, 1.54) is 86.0 Å². The van der Waals surface area contributed by atoms with Gasteiger partial charge in [0.2, 0.25) is 0 Å². The molecule has 0 amide bonds. The van der Waals surface area contributed by atoms with Crippen molar-refractivity contribution in [3.63, 3.8) is 0 Å². The maximum absolute atomic E-state index is 5.79. The molecule has 0 unspecified atom stereocenters. The number of nitrogens with zero attached hydrogens (tertiary/aromatic N) is 1. The number of hydrogen-bond donors (Lipinski definition) is 0. The molecule has 1 aromatic carbocycles. The molecule has 0 bridgehead atoms. The van der Waals surface area contributed by atoms with E-state index >= 15 is 0 Å². The third-order valence-electron chi connectivity index (χ3n) is 9.39. The van der Waals surface area contributed by atoms with Gasteiger partial charge in [-0.15, -0.1) is 0 Å². The van der Waals surface area contributed by atoms with Crippen LogP contribution in [0.5, 0.6) is 5.75 Å². The van der Waals surface area contributed by atoms with E-state index in [4.69, 9.17) is 4.74 Å². The van der Waals surface area contributed by atoms with E-state index in [1.807, 2.05) is 7.11 Å². The van der Waals surface area contributed by atoms with Crippen LogP contribution in [0.25, 0.3) is 0 Å². The Labute approximate surface area is 254 Å². The number of methoxy groups -OCH3 is 1. The van der Waals surface area contributed by atoms with Gasteiger partial charge in [-0.05, 0) is 0 Å². The summed E-state index contributed by atoms with van der Waals surface area (Å²) in [4.78, 5) is 2.79. The first-order valence-electron chi connectivity index (χ1n) is 17.2. The van der Waals surface area contributed by atoms with Gasteiger partial charge in [0, 0.05) is 0 Å². The SMILES string of the molecule is CCC[CH2][Sn]([CH2]CCC)([CH2]CCC)[CH2]c1ccc(OC)cc1CN(C)[CH2][Sn]([CH2]CCC)([CH2]CCC)[CH2]CCC. The van der Waals surface area contributed by atoms with Crippen molar-refractivity contribution in [2.45, 2.75) is 156 Å². The summed E-state index contributed by atoms with van der Waals surface area (Å²) in [6.45, 7) is 15.5. The van der Waals surface area contributed by atoms with E-state index in [-0.39, 0.29) is 0 Å². The average molecular weight is 757 g/mol. The van der Waals surface area contributed by atoms with Crippen LogP contribution >= 0.6 is 0 Å². The second-order valence-electron chi connectivity index (χ2n) is 13.1. The van der Waals surface area contributed by atoms with Crippen LogP contribution in [0.2, 0.25) is 26.6 Å². The molecule has 4 heteroatoms. The van der Waals surface area contributed by atoms with E-state index in [0.29, 0.717) is 0 Å². The topological polar surface area (TPSA) is 12.5 Å². The predicted molar refractivity (Wildman–Crippen MR) is 183 cm³/mol. The third kappa shape index (κ3) is 14.5. The molecule has 0 saturated carbocycles. The van der Waals surface area contributed by atoms with Crippen LogP contribution < -0.4 is 4.74 Å². The minimum atomic E-state index is -2.28. The summed E-state index contributed by atoms with van der Waals surface area (Å²) < 4.78 is 18.3. The van der Waals surface area contributed by atoms with Gasteiger partial charge in [-0.3, -0.25) is 0 Å². The van der Waals surface area contributed by atoms with Crippen LogP contribution in [0, 0.1) is 0 Å². The van der Waals surface area contributed by atoms with Gasteiger partial charge < -0.3 is 0 Å². The summed E-state index contributed by atoms with van der Waals surface area (Å²) in [7, 11) is 4.30. The molecule has 0 spiro atoms. The fourth-order valence-corrected chi connectivity index (χ4v) is 39.9. The number of hydrogen-bond acceptors (Lipinski definition) is 2. The van der Waals surface area contributed by atoms with Crippen molar-refractivity contribution in [2.75, 3.05) is 18.7 Å². The first-order valence-corrected chi connectivity index (χ1v) is 33.4. The zero-order valence-corrected chi connectivity index (χ0v) is 33.6. The molecule has 2 nitrogen and oxygen atoms in total. The molecule has 0 atom stereocenters. The normalized spacial score (nSPS) is 12.4. The van der Waals surface area contributed by atoms with E-state index in [1.54, 1.807) is 37.7 Å². The molecule has 0 saturated heterocycles. The molecule has 1 aromatic rings. The van der Waals surface area contributed by atoms with E-state index in [0.717, 1.165) is 12.3 Å². The van der Waals surface area contributed by atoms with E-state index < -0.39 is 36.8 Å². The van der Waals surface area contributed by atoms with E-state index in [9.17, 15) is 0 Å². The van der Waals surface area contributed by atoms with Gasteiger partial charge in [0.25, 0.3) is 0 Å². The third-order valence-corrected chi connectivity index (χ3v) is 40.3. The van der Waals surface area contributed by atoms with Crippen LogP contribution in [-0.4, -0.2) is 60.4 Å². The Morgan fingerprint density at radius 1 is 0.590 bits per heavy atom. The average Bonchev–Trinajstić information content (AvgIpc) is 2.95. The summed E-state index contributed by atoms with van der Waals surface area (Å²) in [6.07, 6.45) is 16.9. The zero-order chi connectivity index (χ0) is 29.0. The van der Waals surface area contributed by atoms with Crippen LogP contribution in [0.1, 0.15) is 130 Å². The van der Waals surface area contributed by atoms with Gasteiger partial charge in [-0.2, -0.15) is 0 Å². The van der Waals surface area contributed by atoms with Crippen LogP contribution in [0.4, 0.5) is 0 Å². The van der Waals surface area contributed by atoms with Crippen molar-refractivity contribution >= 4 is 36.8 Å².